The second kappa shape index (κ2) is 2.97. The Bertz CT molecular complexity index is 435. The first-order valence-electron chi connectivity index (χ1n) is 4.36. The van der Waals surface area contributed by atoms with Gasteiger partial charge in [0.15, 0.2) is 0 Å². The van der Waals surface area contributed by atoms with E-state index in [0.717, 1.165) is 5.56 Å². The van der Waals surface area contributed by atoms with Gasteiger partial charge in [0, 0.05) is 5.69 Å². The number of hydrogen-bond acceptors (Lipinski definition) is 2. The minimum atomic E-state index is 0.579. The van der Waals surface area contributed by atoms with Crippen LogP contribution in [0.1, 0.15) is 35.6 Å². The Morgan fingerprint density at radius 2 is 2.31 bits per heavy atom. The third-order valence-electron chi connectivity index (χ3n) is 2.38. The number of nitrogens with one attached hydrogen (secondary N) is 1. The van der Waals surface area contributed by atoms with Gasteiger partial charge in [-0.3, -0.25) is 0 Å². The normalized spacial score (nSPS) is 15.4. The Labute approximate surface area is 82.2 Å². The molecule has 1 saturated carbocycles. The van der Waals surface area contributed by atoms with Gasteiger partial charge in [-0.2, -0.15) is 5.26 Å². The molecule has 0 unspecified atom stereocenters. The van der Waals surface area contributed by atoms with Gasteiger partial charge in [0.2, 0.25) is 0 Å². The average Bonchev–Trinajstić information content (AvgIpc) is 2.91. The van der Waals surface area contributed by atoms with E-state index in [9.17, 15) is 0 Å². The summed E-state index contributed by atoms with van der Waals surface area (Å²) in [5.74, 6) is 0.662. The molecule has 0 spiro atoms. The van der Waals surface area contributed by atoms with Crippen molar-refractivity contribution in [3.63, 3.8) is 0 Å². The highest BCUT2D eigenvalue weighted by Crippen LogP contribution is 2.40. The zero-order valence-electron chi connectivity index (χ0n) is 7.42. The quantitative estimate of drug-likeness (QED) is 0.692. The van der Waals surface area contributed by atoms with Crippen molar-refractivity contribution < 1.29 is 0 Å². The number of aryl methyl sites for hydroxylation is 1. The third kappa shape index (κ3) is 1.50. The fraction of sp³-hybridized carbons (Fsp3) is 0.400. The van der Waals surface area contributed by atoms with Crippen LogP contribution in [0.2, 0.25) is 0 Å². The molecule has 1 heterocycles. The number of aromatic nitrogens is 1. The van der Waals surface area contributed by atoms with E-state index in [0.29, 0.717) is 16.1 Å². The summed E-state index contributed by atoms with van der Waals surface area (Å²) >= 11 is 5.07. The van der Waals surface area contributed by atoms with Crippen molar-refractivity contribution in [3.8, 4) is 6.07 Å². The number of hydrogen-bond donors (Lipinski definition) is 1. The van der Waals surface area contributed by atoms with Crippen molar-refractivity contribution in [1.29, 1.82) is 5.26 Å². The van der Waals surface area contributed by atoms with Gasteiger partial charge < -0.3 is 4.98 Å². The van der Waals surface area contributed by atoms with Crippen molar-refractivity contribution in [2.75, 3.05) is 0 Å². The smallest absolute Gasteiger partial charge is 0.121 e. The van der Waals surface area contributed by atoms with Crippen LogP contribution in [-0.4, -0.2) is 4.98 Å². The van der Waals surface area contributed by atoms with Crippen LogP contribution in [-0.2, 0) is 0 Å². The lowest BCUT2D eigenvalue weighted by molar-refractivity contribution is 0.985. The molecule has 0 bridgehead atoms. The zero-order valence-corrected chi connectivity index (χ0v) is 8.24. The summed E-state index contributed by atoms with van der Waals surface area (Å²) in [6, 6.07) is 3.97. The minimum absolute atomic E-state index is 0.579. The highest BCUT2D eigenvalue weighted by molar-refractivity contribution is 7.71. The van der Waals surface area contributed by atoms with Crippen molar-refractivity contribution >= 4 is 12.2 Å². The fourth-order valence-corrected chi connectivity index (χ4v) is 1.74. The molecule has 1 N–H and O–H groups in total. The number of pyridine rings is 1. The average molecular weight is 190 g/mol. The molecule has 0 aliphatic heterocycles. The van der Waals surface area contributed by atoms with Crippen LogP contribution in [0.15, 0.2) is 6.07 Å². The van der Waals surface area contributed by atoms with Crippen molar-refractivity contribution in [3.05, 3.63) is 27.5 Å². The van der Waals surface area contributed by atoms with E-state index >= 15 is 0 Å². The topological polar surface area (TPSA) is 39.6 Å². The molecule has 2 rings (SSSR count). The van der Waals surface area contributed by atoms with Crippen LogP contribution < -0.4 is 0 Å². The molecule has 0 saturated heterocycles. The summed E-state index contributed by atoms with van der Waals surface area (Å²) in [5, 5.41) is 8.75. The first-order chi connectivity index (χ1) is 6.22. The van der Waals surface area contributed by atoms with Crippen LogP contribution in [0.5, 0.6) is 0 Å². The Kier molecular flexibility index (Phi) is 1.93. The number of aromatic amines is 1. The van der Waals surface area contributed by atoms with E-state index < -0.39 is 0 Å². The molecule has 1 fully saturated rings. The van der Waals surface area contributed by atoms with E-state index in [1.54, 1.807) is 0 Å². The van der Waals surface area contributed by atoms with E-state index in [1.807, 2.05) is 13.0 Å². The van der Waals surface area contributed by atoms with Gasteiger partial charge in [-0.15, -0.1) is 0 Å². The number of H-pyrrole nitrogens is 1. The summed E-state index contributed by atoms with van der Waals surface area (Å²) in [7, 11) is 0. The maximum Gasteiger partial charge on any atom is 0.121 e. The molecular weight excluding hydrogens is 180 g/mol. The third-order valence-corrected chi connectivity index (χ3v) is 2.71. The van der Waals surface area contributed by atoms with Gasteiger partial charge in [-0.25, -0.2) is 0 Å². The minimum Gasteiger partial charge on any atom is -0.348 e. The summed E-state index contributed by atoms with van der Waals surface area (Å²) in [5.41, 5.74) is 2.97. The molecule has 1 aliphatic rings. The lowest BCUT2D eigenvalue weighted by atomic mass is 10.1. The Morgan fingerprint density at radius 3 is 2.85 bits per heavy atom. The Hall–Kier alpha value is -1.14. The van der Waals surface area contributed by atoms with Crippen LogP contribution >= 0.6 is 12.2 Å². The maximum absolute atomic E-state index is 8.75. The molecule has 3 heteroatoms. The molecule has 0 atom stereocenters. The monoisotopic (exact) mass is 190 g/mol. The number of rotatable bonds is 1. The molecule has 0 radical (unpaired) electrons. The van der Waals surface area contributed by atoms with Gasteiger partial charge in [-0.1, -0.05) is 12.2 Å². The van der Waals surface area contributed by atoms with Gasteiger partial charge >= 0.3 is 0 Å². The Balaban J connectivity index is 2.57. The molecule has 13 heavy (non-hydrogen) atoms. The second-order valence-corrected chi connectivity index (χ2v) is 3.90. The predicted octanol–water partition coefficient (Wildman–Crippen LogP) is 2.80. The zero-order chi connectivity index (χ0) is 9.42. The first-order valence-corrected chi connectivity index (χ1v) is 4.77. The van der Waals surface area contributed by atoms with Crippen LogP contribution in [0.4, 0.5) is 0 Å². The highest BCUT2D eigenvalue weighted by atomic mass is 32.1. The lowest BCUT2D eigenvalue weighted by Crippen LogP contribution is -1.94. The maximum atomic E-state index is 8.75. The van der Waals surface area contributed by atoms with E-state index in [-0.39, 0.29) is 0 Å². The second-order valence-electron chi connectivity index (χ2n) is 3.49. The number of nitriles is 1. The van der Waals surface area contributed by atoms with Gasteiger partial charge in [0.1, 0.15) is 10.7 Å². The number of nitrogens with zero attached hydrogens (tertiary/aromatic N) is 1. The van der Waals surface area contributed by atoms with Gasteiger partial charge in [0.05, 0.1) is 5.56 Å². The van der Waals surface area contributed by atoms with E-state index in [2.05, 4.69) is 11.1 Å². The van der Waals surface area contributed by atoms with E-state index in [4.69, 9.17) is 17.5 Å². The first kappa shape index (κ1) is 8.46. The summed E-state index contributed by atoms with van der Waals surface area (Å²) in [6.45, 7) is 2.03. The van der Waals surface area contributed by atoms with E-state index in [1.165, 1.54) is 18.5 Å². The largest absolute Gasteiger partial charge is 0.348 e. The molecule has 2 nitrogen and oxygen atoms in total. The van der Waals surface area contributed by atoms with Crippen molar-refractivity contribution in [1.82, 2.24) is 4.98 Å². The molecule has 0 aromatic carbocycles. The summed E-state index contributed by atoms with van der Waals surface area (Å²) in [4.78, 5) is 3.15. The SMILES string of the molecule is Cc1cc(C#N)c(=S)[nH]c1C1CC1. The lowest BCUT2D eigenvalue weighted by Gasteiger charge is -2.04. The van der Waals surface area contributed by atoms with Crippen molar-refractivity contribution in [2.45, 2.75) is 25.7 Å². The molecule has 66 valence electrons. The van der Waals surface area contributed by atoms with Crippen LogP contribution in [0.3, 0.4) is 0 Å². The molecule has 0 amide bonds. The Morgan fingerprint density at radius 1 is 1.62 bits per heavy atom. The molecular formula is C10H10N2S. The van der Waals surface area contributed by atoms with Crippen LogP contribution in [0, 0.1) is 22.9 Å². The molecule has 1 aliphatic carbocycles. The van der Waals surface area contributed by atoms with Gasteiger partial charge in [0.25, 0.3) is 0 Å². The van der Waals surface area contributed by atoms with Crippen molar-refractivity contribution in [2.24, 2.45) is 0 Å². The highest BCUT2D eigenvalue weighted by Gasteiger charge is 2.25. The summed E-state index contributed by atoms with van der Waals surface area (Å²) < 4.78 is 0.579. The molecule has 1 aromatic heterocycles. The molecule has 1 aromatic rings. The standard InChI is InChI=1S/C10H10N2S/c1-6-4-8(5-11)10(13)12-9(6)7-2-3-7/h4,7H,2-3H2,1H3,(H,12,13). The van der Waals surface area contributed by atoms with Gasteiger partial charge in [-0.05, 0) is 37.3 Å². The predicted molar refractivity (Wildman–Crippen MR) is 53.1 cm³/mol. The van der Waals surface area contributed by atoms with Crippen LogP contribution in [0.25, 0.3) is 0 Å². The summed E-state index contributed by atoms with van der Waals surface area (Å²) in [6.07, 6.45) is 2.50. The fourth-order valence-electron chi connectivity index (χ4n) is 1.53.